The van der Waals surface area contributed by atoms with Crippen molar-refractivity contribution in [3.8, 4) is 0 Å². The minimum Gasteiger partial charge on any atom is -0.463 e. The second-order valence-corrected chi connectivity index (χ2v) is 5.69. The Kier molecular flexibility index (Phi) is 3.98. The zero-order valence-electron chi connectivity index (χ0n) is 11.6. The van der Waals surface area contributed by atoms with E-state index < -0.39 is 5.97 Å². The summed E-state index contributed by atoms with van der Waals surface area (Å²) in [5, 5.41) is 9.14. The van der Waals surface area contributed by atoms with Crippen LogP contribution in [-0.4, -0.2) is 27.8 Å². The quantitative estimate of drug-likeness (QED) is 0.641. The number of esters is 1. The van der Waals surface area contributed by atoms with Crippen LogP contribution >= 0.6 is 11.8 Å². The van der Waals surface area contributed by atoms with Gasteiger partial charge in [-0.05, 0) is 25.0 Å². The molecule has 0 aromatic carbocycles. The van der Waals surface area contributed by atoms with Crippen molar-refractivity contribution in [1.82, 2.24) is 14.8 Å². The van der Waals surface area contributed by atoms with Crippen LogP contribution in [0, 0.1) is 0 Å². The zero-order chi connectivity index (χ0) is 14.8. The fraction of sp³-hybridized carbons (Fsp3) is 0.462. The summed E-state index contributed by atoms with van der Waals surface area (Å²) in [6.07, 6.45) is 2.29. The fourth-order valence-electron chi connectivity index (χ4n) is 2.05. The van der Waals surface area contributed by atoms with E-state index in [-0.39, 0.29) is 5.76 Å². The number of nitrogens with zero attached hydrogens (tertiary/aromatic N) is 3. The number of methoxy groups -OCH3 is 1. The maximum atomic E-state index is 11.3. The van der Waals surface area contributed by atoms with Crippen molar-refractivity contribution in [2.75, 3.05) is 7.11 Å². The summed E-state index contributed by atoms with van der Waals surface area (Å²) in [6, 6.07) is 3.85. The molecular weight excluding hydrogens is 292 g/mol. The third kappa shape index (κ3) is 2.96. The second-order valence-electron chi connectivity index (χ2n) is 4.75. The van der Waals surface area contributed by atoms with Gasteiger partial charge in [-0.25, -0.2) is 4.79 Å². The maximum absolute atomic E-state index is 11.3. The summed E-state index contributed by atoms with van der Waals surface area (Å²) in [4.78, 5) is 11.3. The molecule has 0 unspecified atom stereocenters. The Morgan fingerprint density at radius 3 is 3.00 bits per heavy atom. The Balaban J connectivity index is 1.69. The third-order valence-electron chi connectivity index (χ3n) is 3.22. The van der Waals surface area contributed by atoms with Crippen LogP contribution in [0.2, 0.25) is 0 Å². The van der Waals surface area contributed by atoms with Gasteiger partial charge in [-0.15, -0.1) is 10.2 Å². The molecule has 0 spiro atoms. The highest BCUT2D eigenvalue weighted by molar-refractivity contribution is 7.98. The molecule has 0 saturated heterocycles. The number of furan rings is 1. The summed E-state index contributed by atoms with van der Waals surface area (Å²) in [7, 11) is 1.33. The minimum absolute atomic E-state index is 0.208. The average molecular weight is 308 g/mol. The summed E-state index contributed by atoms with van der Waals surface area (Å²) >= 11 is 1.53. The standard InChI is InChI=1S/C13H16N4O3S/c1-19-12(18)10-5-4-9(20-10)7-21-13-16-15-11(6-14)17(13)8-2-3-8/h4-5,8H,2-3,6-7,14H2,1H3. The molecule has 8 heteroatoms. The van der Waals surface area contributed by atoms with Crippen LogP contribution in [0.1, 0.15) is 41.0 Å². The molecule has 2 heterocycles. The van der Waals surface area contributed by atoms with E-state index in [1.165, 1.54) is 18.9 Å². The van der Waals surface area contributed by atoms with Crippen LogP contribution in [0.4, 0.5) is 0 Å². The zero-order valence-corrected chi connectivity index (χ0v) is 12.4. The van der Waals surface area contributed by atoms with Gasteiger partial charge in [0.2, 0.25) is 5.76 Å². The van der Waals surface area contributed by atoms with Gasteiger partial charge < -0.3 is 19.5 Å². The molecule has 3 rings (SSSR count). The van der Waals surface area contributed by atoms with E-state index in [2.05, 4.69) is 19.5 Å². The monoisotopic (exact) mass is 308 g/mol. The summed E-state index contributed by atoms with van der Waals surface area (Å²) in [5.74, 6) is 1.82. The van der Waals surface area contributed by atoms with Gasteiger partial charge in [0, 0.05) is 6.04 Å². The first-order chi connectivity index (χ1) is 10.2. The third-order valence-corrected chi connectivity index (χ3v) is 4.19. The summed E-state index contributed by atoms with van der Waals surface area (Å²) < 4.78 is 12.1. The molecule has 0 aliphatic heterocycles. The molecule has 0 amide bonds. The van der Waals surface area contributed by atoms with Gasteiger partial charge in [-0.3, -0.25) is 0 Å². The molecule has 0 bridgehead atoms. The highest BCUT2D eigenvalue weighted by Crippen LogP contribution is 2.39. The first-order valence-electron chi connectivity index (χ1n) is 6.66. The lowest BCUT2D eigenvalue weighted by Gasteiger charge is -2.06. The summed E-state index contributed by atoms with van der Waals surface area (Å²) in [6.45, 7) is 0.386. The molecule has 2 N–H and O–H groups in total. The number of hydrogen-bond donors (Lipinski definition) is 1. The van der Waals surface area contributed by atoms with Crippen LogP contribution in [0.15, 0.2) is 21.7 Å². The normalized spacial score (nSPS) is 14.4. The maximum Gasteiger partial charge on any atom is 0.373 e. The number of aromatic nitrogens is 3. The van der Waals surface area contributed by atoms with Crippen LogP contribution in [0.3, 0.4) is 0 Å². The van der Waals surface area contributed by atoms with Crippen LogP contribution in [0.5, 0.6) is 0 Å². The predicted octanol–water partition coefficient (Wildman–Crippen LogP) is 1.74. The van der Waals surface area contributed by atoms with Gasteiger partial charge in [-0.1, -0.05) is 11.8 Å². The SMILES string of the molecule is COC(=O)c1ccc(CSc2nnc(CN)n2C2CC2)o1. The van der Waals surface area contributed by atoms with E-state index >= 15 is 0 Å². The second kappa shape index (κ2) is 5.90. The van der Waals surface area contributed by atoms with Gasteiger partial charge >= 0.3 is 5.97 Å². The van der Waals surface area contributed by atoms with Crippen molar-refractivity contribution < 1.29 is 13.9 Å². The van der Waals surface area contributed by atoms with Crippen molar-refractivity contribution in [2.45, 2.75) is 36.3 Å². The number of carbonyl (C=O) groups excluding carboxylic acids is 1. The highest BCUT2D eigenvalue weighted by Gasteiger charge is 2.29. The smallest absolute Gasteiger partial charge is 0.373 e. The minimum atomic E-state index is -0.474. The van der Waals surface area contributed by atoms with Crippen molar-refractivity contribution in [3.05, 3.63) is 29.5 Å². The van der Waals surface area contributed by atoms with E-state index in [4.69, 9.17) is 10.2 Å². The molecule has 21 heavy (non-hydrogen) atoms. The molecule has 1 aliphatic rings. The average Bonchev–Trinajstić information content (AvgIpc) is 3.09. The van der Waals surface area contributed by atoms with E-state index in [9.17, 15) is 4.79 Å². The first kappa shape index (κ1) is 14.2. The van der Waals surface area contributed by atoms with Crippen molar-refractivity contribution in [3.63, 3.8) is 0 Å². The number of nitrogens with two attached hydrogens (primary N) is 1. The molecule has 7 nitrogen and oxygen atoms in total. The van der Waals surface area contributed by atoms with Crippen LogP contribution < -0.4 is 5.73 Å². The van der Waals surface area contributed by atoms with Crippen molar-refractivity contribution in [2.24, 2.45) is 5.73 Å². The van der Waals surface area contributed by atoms with Crippen LogP contribution in [-0.2, 0) is 17.0 Å². The molecule has 2 aromatic heterocycles. The predicted molar refractivity (Wildman–Crippen MR) is 75.8 cm³/mol. The lowest BCUT2D eigenvalue weighted by molar-refractivity contribution is 0.0563. The topological polar surface area (TPSA) is 96.2 Å². The largest absolute Gasteiger partial charge is 0.463 e. The highest BCUT2D eigenvalue weighted by atomic mass is 32.2. The Labute approximate surface area is 125 Å². The molecule has 0 atom stereocenters. The van der Waals surface area contributed by atoms with Gasteiger partial charge in [-0.2, -0.15) is 0 Å². The lowest BCUT2D eigenvalue weighted by atomic mass is 10.4. The van der Waals surface area contributed by atoms with Gasteiger partial charge in [0.15, 0.2) is 5.16 Å². The van der Waals surface area contributed by atoms with Crippen molar-refractivity contribution >= 4 is 17.7 Å². The lowest BCUT2D eigenvalue weighted by Crippen LogP contribution is -2.08. The molecule has 1 aliphatic carbocycles. The number of carbonyl (C=O) groups is 1. The number of ether oxygens (including phenoxy) is 1. The Morgan fingerprint density at radius 1 is 1.52 bits per heavy atom. The van der Waals surface area contributed by atoms with Crippen LogP contribution in [0.25, 0.3) is 0 Å². The fourth-order valence-corrected chi connectivity index (χ4v) is 2.96. The van der Waals surface area contributed by atoms with Gasteiger partial charge in [0.05, 0.1) is 19.4 Å². The van der Waals surface area contributed by atoms with E-state index in [0.29, 0.717) is 24.1 Å². The molecule has 0 radical (unpaired) electrons. The molecule has 1 saturated carbocycles. The number of rotatable bonds is 6. The molecule has 2 aromatic rings. The Hall–Kier alpha value is -1.80. The van der Waals surface area contributed by atoms with E-state index in [0.717, 1.165) is 23.8 Å². The van der Waals surface area contributed by atoms with Gasteiger partial charge in [0.1, 0.15) is 11.6 Å². The Morgan fingerprint density at radius 2 is 2.33 bits per heavy atom. The first-order valence-corrected chi connectivity index (χ1v) is 7.65. The number of hydrogen-bond acceptors (Lipinski definition) is 7. The van der Waals surface area contributed by atoms with E-state index in [1.807, 2.05) is 0 Å². The number of thioether (sulfide) groups is 1. The molecule has 112 valence electrons. The van der Waals surface area contributed by atoms with Gasteiger partial charge in [0.25, 0.3) is 0 Å². The van der Waals surface area contributed by atoms with Crippen molar-refractivity contribution in [1.29, 1.82) is 0 Å². The Bertz CT molecular complexity index is 648. The summed E-state index contributed by atoms with van der Waals surface area (Å²) in [5.41, 5.74) is 5.69. The molecular formula is C13H16N4O3S. The molecule has 1 fully saturated rings. The van der Waals surface area contributed by atoms with E-state index in [1.54, 1.807) is 12.1 Å².